The quantitative estimate of drug-likeness (QED) is 0.851. The highest BCUT2D eigenvalue weighted by Gasteiger charge is 2.20. The van der Waals surface area contributed by atoms with Gasteiger partial charge in [-0.3, -0.25) is 0 Å². The average molecular weight is 272 g/mol. The molecule has 1 aliphatic heterocycles. The molecule has 1 aliphatic rings. The first-order chi connectivity index (χ1) is 9.11. The lowest BCUT2D eigenvalue weighted by Gasteiger charge is -2.26. The van der Waals surface area contributed by atoms with Crippen LogP contribution in [0, 0.1) is 17.5 Å². The Bertz CT molecular complexity index is 414. The van der Waals surface area contributed by atoms with Gasteiger partial charge < -0.3 is 10.2 Å². The Hall–Kier alpha value is -1.23. The Kier molecular flexibility index (Phi) is 4.69. The second-order valence-electron chi connectivity index (χ2n) is 4.96. The first-order valence-corrected chi connectivity index (χ1v) is 6.74. The maximum absolute atomic E-state index is 13.3. The molecule has 1 atom stereocenters. The van der Waals surface area contributed by atoms with E-state index < -0.39 is 17.5 Å². The van der Waals surface area contributed by atoms with E-state index in [4.69, 9.17) is 0 Å². The first kappa shape index (κ1) is 14.2. The van der Waals surface area contributed by atoms with Crippen molar-refractivity contribution in [3.8, 4) is 0 Å². The molecule has 0 aromatic heterocycles. The molecule has 5 heteroatoms. The van der Waals surface area contributed by atoms with Gasteiger partial charge in [-0.1, -0.05) is 13.3 Å². The molecule has 106 valence electrons. The van der Waals surface area contributed by atoms with Gasteiger partial charge >= 0.3 is 0 Å². The second kappa shape index (κ2) is 6.28. The van der Waals surface area contributed by atoms with E-state index >= 15 is 0 Å². The van der Waals surface area contributed by atoms with Crippen LogP contribution < -0.4 is 10.2 Å². The summed E-state index contributed by atoms with van der Waals surface area (Å²) in [6.45, 7) is 4.41. The fraction of sp³-hybridized carbons (Fsp3) is 0.571. The van der Waals surface area contributed by atoms with Crippen molar-refractivity contribution in [3.05, 3.63) is 29.6 Å². The Morgan fingerprint density at radius 3 is 2.58 bits per heavy atom. The zero-order valence-electron chi connectivity index (χ0n) is 11.1. The molecular weight excluding hydrogens is 253 g/mol. The normalized spacial score (nSPS) is 20.4. The van der Waals surface area contributed by atoms with Crippen molar-refractivity contribution in [1.29, 1.82) is 0 Å². The van der Waals surface area contributed by atoms with Crippen molar-refractivity contribution < 1.29 is 13.2 Å². The van der Waals surface area contributed by atoms with Crippen molar-refractivity contribution in [2.75, 3.05) is 24.5 Å². The van der Waals surface area contributed by atoms with Crippen LogP contribution in [0.15, 0.2) is 12.1 Å². The molecule has 1 aromatic rings. The van der Waals surface area contributed by atoms with Gasteiger partial charge in [-0.15, -0.1) is 0 Å². The summed E-state index contributed by atoms with van der Waals surface area (Å²) in [6.07, 6.45) is 2.97. The van der Waals surface area contributed by atoms with Crippen molar-refractivity contribution in [2.24, 2.45) is 0 Å². The lowest BCUT2D eigenvalue weighted by molar-refractivity contribution is 0.446. The molecule has 1 aromatic carbocycles. The van der Waals surface area contributed by atoms with Crippen LogP contribution in [0.25, 0.3) is 0 Å². The predicted octanol–water partition coefficient (Wildman–Crippen LogP) is 3.07. The summed E-state index contributed by atoms with van der Waals surface area (Å²) >= 11 is 0. The standard InChI is InChI=1S/C14H19F3N2/c1-2-4-10-9-19(6-3-5-18-10)11-7-12(15)14(17)13(16)8-11/h7-8,10,18H,2-6,9H2,1H3. The molecule has 1 saturated heterocycles. The van der Waals surface area contributed by atoms with Crippen LogP contribution >= 0.6 is 0 Å². The van der Waals surface area contributed by atoms with Gasteiger partial charge in [-0.2, -0.15) is 0 Å². The smallest absolute Gasteiger partial charge is 0.194 e. The first-order valence-electron chi connectivity index (χ1n) is 6.74. The number of nitrogens with zero attached hydrogens (tertiary/aromatic N) is 1. The Labute approximate surface area is 111 Å². The molecule has 1 unspecified atom stereocenters. The van der Waals surface area contributed by atoms with Crippen LogP contribution in [-0.4, -0.2) is 25.7 Å². The minimum atomic E-state index is -1.40. The SMILES string of the molecule is CCCC1CN(c2cc(F)c(F)c(F)c2)CCCN1. The molecule has 0 spiro atoms. The highest BCUT2D eigenvalue weighted by molar-refractivity contribution is 5.47. The maximum Gasteiger partial charge on any atom is 0.194 e. The van der Waals surface area contributed by atoms with Gasteiger partial charge in [0.2, 0.25) is 0 Å². The van der Waals surface area contributed by atoms with E-state index in [1.165, 1.54) is 0 Å². The molecular formula is C14H19F3N2. The van der Waals surface area contributed by atoms with Crippen LogP contribution in [0.2, 0.25) is 0 Å². The molecule has 2 nitrogen and oxygen atoms in total. The van der Waals surface area contributed by atoms with E-state index in [2.05, 4.69) is 12.2 Å². The van der Waals surface area contributed by atoms with Gasteiger partial charge in [-0.25, -0.2) is 13.2 Å². The zero-order valence-corrected chi connectivity index (χ0v) is 11.1. The minimum absolute atomic E-state index is 0.309. The molecule has 0 amide bonds. The molecule has 0 saturated carbocycles. The molecule has 19 heavy (non-hydrogen) atoms. The van der Waals surface area contributed by atoms with Crippen LogP contribution in [0.3, 0.4) is 0 Å². The van der Waals surface area contributed by atoms with Crippen molar-refractivity contribution in [2.45, 2.75) is 32.2 Å². The Balaban J connectivity index is 2.19. The number of hydrogen-bond acceptors (Lipinski definition) is 2. The van der Waals surface area contributed by atoms with Crippen LogP contribution in [0.1, 0.15) is 26.2 Å². The molecule has 0 aliphatic carbocycles. The molecule has 0 radical (unpaired) electrons. The largest absolute Gasteiger partial charge is 0.370 e. The molecule has 1 fully saturated rings. The predicted molar refractivity (Wildman–Crippen MR) is 69.8 cm³/mol. The van der Waals surface area contributed by atoms with Crippen LogP contribution in [0.5, 0.6) is 0 Å². The zero-order chi connectivity index (χ0) is 13.8. The highest BCUT2D eigenvalue weighted by Crippen LogP contribution is 2.22. The van der Waals surface area contributed by atoms with Crippen molar-refractivity contribution >= 4 is 5.69 Å². The van der Waals surface area contributed by atoms with Gasteiger partial charge in [0.15, 0.2) is 17.5 Å². The lowest BCUT2D eigenvalue weighted by atomic mass is 10.1. The van der Waals surface area contributed by atoms with Gasteiger partial charge in [0.1, 0.15) is 0 Å². The van der Waals surface area contributed by atoms with E-state index in [1.807, 2.05) is 4.90 Å². The summed E-state index contributed by atoms with van der Waals surface area (Å²) in [7, 11) is 0. The molecule has 1 N–H and O–H groups in total. The van der Waals surface area contributed by atoms with Gasteiger partial charge in [0, 0.05) is 37.0 Å². The molecule has 1 heterocycles. The van der Waals surface area contributed by atoms with Gasteiger partial charge in [-0.05, 0) is 19.4 Å². The highest BCUT2D eigenvalue weighted by atomic mass is 19.2. The van der Waals surface area contributed by atoms with Crippen LogP contribution in [0.4, 0.5) is 18.9 Å². The topological polar surface area (TPSA) is 15.3 Å². The summed E-state index contributed by atoms with van der Waals surface area (Å²) in [4.78, 5) is 1.92. The lowest BCUT2D eigenvalue weighted by Crippen LogP contribution is -2.37. The summed E-state index contributed by atoms with van der Waals surface area (Å²) < 4.78 is 39.5. The minimum Gasteiger partial charge on any atom is -0.370 e. The third kappa shape index (κ3) is 3.41. The Morgan fingerprint density at radius 1 is 1.26 bits per heavy atom. The summed E-state index contributed by atoms with van der Waals surface area (Å²) in [5, 5.41) is 3.42. The summed E-state index contributed by atoms with van der Waals surface area (Å²) in [5.41, 5.74) is 0.418. The number of rotatable bonds is 3. The van der Waals surface area contributed by atoms with Crippen molar-refractivity contribution in [1.82, 2.24) is 5.32 Å². The maximum atomic E-state index is 13.3. The number of benzene rings is 1. The third-order valence-electron chi connectivity index (χ3n) is 3.45. The second-order valence-corrected chi connectivity index (χ2v) is 4.96. The van der Waals surface area contributed by atoms with Gasteiger partial charge in [0.05, 0.1) is 0 Å². The van der Waals surface area contributed by atoms with E-state index in [9.17, 15) is 13.2 Å². The summed E-state index contributed by atoms with van der Waals surface area (Å²) in [6, 6.07) is 2.46. The summed E-state index contributed by atoms with van der Waals surface area (Å²) in [5.74, 6) is -3.65. The fourth-order valence-corrected chi connectivity index (χ4v) is 2.50. The van der Waals surface area contributed by atoms with E-state index in [1.54, 1.807) is 0 Å². The van der Waals surface area contributed by atoms with E-state index in [-0.39, 0.29) is 0 Å². The van der Waals surface area contributed by atoms with Crippen molar-refractivity contribution in [3.63, 3.8) is 0 Å². The van der Waals surface area contributed by atoms with E-state index in [0.717, 1.165) is 44.5 Å². The van der Waals surface area contributed by atoms with E-state index in [0.29, 0.717) is 18.3 Å². The number of hydrogen-bond donors (Lipinski definition) is 1. The van der Waals surface area contributed by atoms with Crippen LogP contribution in [-0.2, 0) is 0 Å². The molecule has 2 rings (SSSR count). The Morgan fingerprint density at radius 2 is 1.95 bits per heavy atom. The third-order valence-corrected chi connectivity index (χ3v) is 3.45. The number of nitrogens with one attached hydrogen (secondary N) is 1. The fourth-order valence-electron chi connectivity index (χ4n) is 2.50. The number of halogens is 3. The van der Waals surface area contributed by atoms with Gasteiger partial charge in [0.25, 0.3) is 0 Å². The molecule has 0 bridgehead atoms. The average Bonchev–Trinajstić information content (AvgIpc) is 2.61. The monoisotopic (exact) mass is 272 g/mol. The number of anilines is 1.